The maximum atomic E-state index is 11.1. The molecule has 0 spiro atoms. The van der Waals surface area contributed by atoms with Gasteiger partial charge in [-0.05, 0) is 31.3 Å². The highest BCUT2D eigenvalue weighted by atomic mass is 32.2. The predicted octanol–water partition coefficient (Wildman–Crippen LogP) is 0.667. The van der Waals surface area contributed by atoms with E-state index in [4.69, 9.17) is 0 Å². The molecule has 0 aromatic heterocycles. The molecule has 0 radical (unpaired) electrons. The summed E-state index contributed by atoms with van der Waals surface area (Å²) in [5, 5.41) is 3.20. The van der Waals surface area contributed by atoms with Gasteiger partial charge in [-0.1, -0.05) is 19.3 Å². The SMILES string of the molecule is CNCC(C1CCC1)C1CS(=O)(=O)C1. The Labute approximate surface area is 86.2 Å². The molecular weight excluding hydrogens is 198 g/mol. The average molecular weight is 217 g/mol. The zero-order chi connectivity index (χ0) is 10.2. The molecule has 0 aromatic carbocycles. The lowest BCUT2D eigenvalue weighted by Crippen LogP contribution is -2.47. The Morgan fingerprint density at radius 3 is 2.29 bits per heavy atom. The van der Waals surface area contributed by atoms with Crippen molar-refractivity contribution in [3.63, 3.8) is 0 Å². The largest absolute Gasteiger partial charge is 0.319 e. The van der Waals surface area contributed by atoms with Gasteiger partial charge in [0.2, 0.25) is 0 Å². The summed E-state index contributed by atoms with van der Waals surface area (Å²) in [6.45, 7) is 0.991. The highest BCUT2D eigenvalue weighted by Crippen LogP contribution is 2.40. The summed E-state index contributed by atoms with van der Waals surface area (Å²) in [6.07, 6.45) is 3.95. The number of nitrogens with one attached hydrogen (secondary N) is 1. The number of hydrogen-bond donors (Lipinski definition) is 1. The summed E-state index contributed by atoms with van der Waals surface area (Å²) >= 11 is 0. The molecule has 2 rings (SSSR count). The molecule has 1 saturated carbocycles. The van der Waals surface area contributed by atoms with E-state index < -0.39 is 9.84 Å². The summed E-state index contributed by atoms with van der Waals surface area (Å²) in [7, 11) is -0.682. The summed E-state index contributed by atoms with van der Waals surface area (Å²) in [5.74, 6) is 2.73. The minimum atomic E-state index is -2.64. The van der Waals surface area contributed by atoms with Crippen LogP contribution in [0.5, 0.6) is 0 Å². The number of hydrogen-bond acceptors (Lipinski definition) is 3. The van der Waals surface area contributed by atoms with E-state index in [1.807, 2.05) is 7.05 Å². The average Bonchev–Trinajstić information content (AvgIpc) is 1.95. The first-order valence-corrected chi connectivity index (χ1v) is 7.29. The predicted molar refractivity (Wildman–Crippen MR) is 56.9 cm³/mol. The third-order valence-electron chi connectivity index (χ3n) is 3.74. The fraction of sp³-hybridized carbons (Fsp3) is 1.00. The molecule has 0 aromatic rings. The molecule has 0 bridgehead atoms. The summed E-state index contributed by atoms with van der Waals surface area (Å²) in [4.78, 5) is 0. The molecule has 1 aliphatic heterocycles. The van der Waals surface area contributed by atoms with Gasteiger partial charge in [-0.15, -0.1) is 0 Å². The summed E-state index contributed by atoms with van der Waals surface area (Å²) in [6, 6.07) is 0. The van der Waals surface area contributed by atoms with E-state index >= 15 is 0 Å². The smallest absolute Gasteiger partial charge is 0.150 e. The molecule has 14 heavy (non-hydrogen) atoms. The van der Waals surface area contributed by atoms with Gasteiger partial charge in [-0.2, -0.15) is 0 Å². The van der Waals surface area contributed by atoms with Gasteiger partial charge >= 0.3 is 0 Å². The maximum absolute atomic E-state index is 11.1. The van der Waals surface area contributed by atoms with E-state index in [0.717, 1.165) is 12.5 Å². The molecule has 4 heteroatoms. The van der Waals surface area contributed by atoms with Crippen LogP contribution in [0.25, 0.3) is 0 Å². The molecule has 1 aliphatic carbocycles. The third-order valence-corrected chi connectivity index (χ3v) is 5.61. The molecule has 3 nitrogen and oxygen atoms in total. The van der Waals surface area contributed by atoms with Gasteiger partial charge in [0.1, 0.15) is 0 Å². The van der Waals surface area contributed by atoms with Gasteiger partial charge in [0.25, 0.3) is 0 Å². The molecule has 1 unspecified atom stereocenters. The Morgan fingerprint density at radius 2 is 1.93 bits per heavy atom. The zero-order valence-electron chi connectivity index (χ0n) is 8.70. The normalized spacial score (nSPS) is 29.2. The second-order valence-electron chi connectivity index (χ2n) is 4.75. The van der Waals surface area contributed by atoms with E-state index in [1.54, 1.807) is 0 Å². The van der Waals surface area contributed by atoms with Gasteiger partial charge in [0.05, 0.1) is 11.5 Å². The maximum Gasteiger partial charge on any atom is 0.150 e. The van der Waals surface area contributed by atoms with Gasteiger partial charge in [0, 0.05) is 0 Å². The Hall–Kier alpha value is -0.0900. The highest BCUT2D eigenvalue weighted by Gasteiger charge is 2.42. The van der Waals surface area contributed by atoms with Crippen LogP contribution in [0, 0.1) is 17.8 Å². The van der Waals surface area contributed by atoms with Crippen LogP contribution in [0.3, 0.4) is 0 Å². The van der Waals surface area contributed by atoms with Crippen molar-refractivity contribution in [2.24, 2.45) is 17.8 Å². The van der Waals surface area contributed by atoms with Crippen molar-refractivity contribution in [1.29, 1.82) is 0 Å². The fourth-order valence-corrected chi connectivity index (χ4v) is 4.37. The first kappa shape index (κ1) is 10.4. The quantitative estimate of drug-likeness (QED) is 0.753. The number of sulfone groups is 1. The van der Waals surface area contributed by atoms with Crippen molar-refractivity contribution >= 4 is 9.84 Å². The molecule has 2 fully saturated rings. The monoisotopic (exact) mass is 217 g/mol. The van der Waals surface area contributed by atoms with E-state index in [0.29, 0.717) is 23.3 Å². The van der Waals surface area contributed by atoms with Crippen LogP contribution in [-0.2, 0) is 9.84 Å². The van der Waals surface area contributed by atoms with Crippen molar-refractivity contribution in [3.05, 3.63) is 0 Å². The van der Waals surface area contributed by atoms with Crippen LogP contribution in [0.4, 0.5) is 0 Å². The minimum absolute atomic E-state index is 0.440. The van der Waals surface area contributed by atoms with Crippen molar-refractivity contribution in [2.75, 3.05) is 25.1 Å². The molecule has 1 N–H and O–H groups in total. The zero-order valence-corrected chi connectivity index (χ0v) is 9.52. The molecular formula is C10H19NO2S. The lowest BCUT2D eigenvalue weighted by atomic mass is 9.71. The Bertz CT molecular complexity index is 283. The van der Waals surface area contributed by atoms with E-state index in [9.17, 15) is 8.42 Å². The number of rotatable bonds is 4. The van der Waals surface area contributed by atoms with Gasteiger partial charge in [-0.3, -0.25) is 0 Å². The van der Waals surface area contributed by atoms with Crippen LogP contribution in [0.1, 0.15) is 19.3 Å². The van der Waals surface area contributed by atoms with Crippen LogP contribution in [-0.4, -0.2) is 33.5 Å². The van der Waals surface area contributed by atoms with Crippen LogP contribution >= 0.6 is 0 Å². The topological polar surface area (TPSA) is 46.2 Å². The van der Waals surface area contributed by atoms with Crippen molar-refractivity contribution in [3.8, 4) is 0 Å². The molecule has 1 heterocycles. The van der Waals surface area contributed by atoms with Crippen LogP contribution < -0.4 is 5.32 Å². The second kappa shape index (κ2) is 3.81. The van der Waals surface area contributed by atoms with E-state index in [-0.39, 0.29) is 0 Å². The molecule has 0 amide bonds. The second-order valence-corrected chi connectivity index (χ2v) is 6.90. The van der Waals surface area contributed by atoms with Crippen molar-refractivity contribution in [1.82, 2.24) is 5.32 Å². The molecule has 1 atom stereocenters. The van der Waals surface area contributed by atoms with Crippen molar-refractivity contribution in [2.45, 2.75) is 19.3 Å². The third kappa shape index (κ3) is 1.96. The Balaban J connectivity index is 1.91. The lowest BCUT2D eigenvalue weighted by molar-refractivity contribution is 0.154. The van der Waals surface area contributed by atoms with Gasteiger partial charge in [0.15, 0.2) is 9.84 Å². The summed E-state index contributed by atoms with van der Waals surface area (Å²) < 4.78 is 22.2. The van der Waals surface area contributed by atoms with E-state index in [2.05, 4.69) is 5.32 Å². The minimum Gasteiger partial charge on any atom is -0.319 e. The summed E-state index contributed by atoms with van der Waals surface area (Å²) in [5.41, 5.74) is 0. The highest BCUT2D eigenvalue weighted by molar-refractivity contribution is 7.92. The van der Waals surface area contributed by atoms with Crippen LogP contribution in [0.15, 0.2) is 0 Å². The lowest BCUT2D eigenvalue weighted by Gasteiger charge is -2.42. The standard InChI is InChI=1S/C10H19NO2S/c1-11-5-10(8-3-2-4-8)9-6-14(12,13)7-9/h8-11H,2-7H2,1H3. The Morgan fingerprint density at radius 1 is 1.29 bits per heavy atom. The first-order valence-electron chi connectivity index (χ1n) is 5.47. The molecule has 2 aliphatic rings. The fourth-order valence-electron chi connectivity index (χ4n) is 2.67. The van der Waals surface area contributed by atoms with E-state index in [1.165, 1.54) is 19.3 Å². The molecule has 82 valence electrons. The van der Waals surface area contributed by atoms with Gasteiger partial charge < -0.3 is 5.32 Å². The first-order chi connectivity index (χ1) is 6.62. The van der Waals surface area contributed by atoms with Crippen LogP contribution in [0.2, 0.25) is 0 Å². The Kier molecular flexibility index (Phi) is 2.84. The van der Waals surface area contributed by atoms with Gasteiger partial charge in [-0.25, -0.2) is 8.42 Å². The molecule has 1 saturated heterocycles. The van der Waals surface area contributed by atoms with Crippen molar-refractivity contribution < 1.29 is 8.42 Å².